The van der Waals surface area contributed by atoms with Gasteiger partial charge in [-0.05, 0) is 31.5 Å². The number of ketones is 1. The third kappa shape index (κ3) is 3.25. The number of carbonyl (C=O) groups excluding carboxylic acids is 1. The Morgan fingerprint density at radius 3 is 2.58 bits per heavy atom. The lowest BCUT2D eigenvalue weighted by molar-refractivity contribution is 0.0981. The van der Waals surface area contributed by atoms with Crippen LogP contribution in [-0.2, 0) is 6.42 Å². The minimum atomic E-state index is -0.0153. The number of aromatic nitrogens is 2. The van der Waals surface area contributed by atoms with Gasteiger partial charge in [0.25, 0.3) is 0 Å². The second-order valence-electron chi connectivity index (χ2n) is 4.61. The zero-order valence-electron chi connectivity index (χ0n) is 10.7. The zero-order valence-corrected chi connectivity index (χ0v) is 13.1. The van der Waals surface area contributed by atoms with Gasteiger partial charge in [0.15, 0.2) is 5.78 Å². The Kier molecular flexibility index (Phi) is 4.42. The van der Waals surface area contributed by atoms with Gasteiger partial charge in [-0.3, -0.25) is 9.48 Å². The Morgan fingerprint density at radius 2 is 2.00 bits per heavy atom. The number of rotatable bonds is 4. The zero-order chi connectivity index (χ0) is 14.0. The fourth-order valence-corrected chi connectivity index (χ4v) is 2.37. The number of benzene rings is 1. The molecular weight excluding hydrogens is 328 g/mol. The fraction of sp³-hybridized carbons (Fsp3) is 0.286. The molecule has 0 amide bonds. The predicted octanol–water partition coefficient (Wildman–Crippen LogP) is 4.31. The molecule has 0 aliphatic carbocycles. The van der Waals surface area contributed by atoms with Gasteiger partial charge in [0.2, 0.25) is 0 Å². The van der Waals surface area contributed by atoms with Crippen LogP contribution >= 0.6 is 27.5 Å². The molecular formula is C14H14BrClN2O. The number of halogens is 2. The molecule has 0 spiro atoms. The van der Waals surface area contributed by atoms with Crippen LogP contribution in [0.2, 0.25) is 5.02 Å². The first-order chi connectivity index (χ1) is 8.99. The second-order valence-corrected chi connectivity index (χ2v) is 5.93. The largest absolute Gasteiger partial charge is 0.292 e. The lowest BCUT2D eigenvalue weighted by Crippen LogP contribution is -2.14. The van der Waals surface area contributed by atoms with E-state index in [0.29, 0.717) is 17.1 Å². The van der Waals surface area contributed by atoms with Crippen LogP contribution in [0.5, 0.6) is 0 Å². The van der Waals surface area contributed by atoms with Crippen LogP contribution in [0.15, 0.2) is 34.9 Å². The maximum atomic E-state index is 12.3. The number of hydrogen-bond acceptors (Lipinski definition) is 2. The molecule has 2 aromatic rings. The van der Waals surface area contributed by atoms with Crippen molar-refractivity contribution in [2.75, 3.05) is 0 Å². The first-order valence-electron chi connectivity index (χ1n) is 5.99. The second kappa shape index (κ2) is 5.88. The monoisotopic (exact) mass is 340 g/mol. The van der Waals surface area contributed by atoms with Crippen LogP contribution < -0.4 is 0 Å². The van der Waals surface area contributed by atoms with Crippen molar-refractivity contribution >= 4 is 33.3 Å². The summed E-state index contributed by atoms with van der Waals surface area (Å²) in [5, 5.41) is 4.56. The van der Waals surface area contributed by atoms with E-state index >= 15 is 0 Å². The molecule has 1 aromatic heterocycles. The minimum Gasteiger partial charge on any atom is -0.292 e. The van der Waals surface area contributed by atoms with E-state index in [2.05, 4.69) is 21.0 Å². The minimum absolute atomic E-state index is 0.0153. The maximum absolute atomic E-state index is 12.3. The van der Waals surface area contributed by atoms with Crippen LogP contribution in [0.1, 0.15) is 35.9 Å². The molecule has 100 valence electrons. The fourth-order valence-electron chi connectivity index (χ4n) is 1.87. The summed E-state index contributed by atoms with van der Waals surface area (Å²) in [7, 11) is 0. The third-order valence-electron chi connectivity index (χ3n) is 2.78. The molecule has 0 saturated heterocycles. The molecule has 3 nitrogen and oxygen atoms in total. The Balaban J connectivity index is 2.25. The van der Waals surface area contributed by atoms with Crippen molar-refractivity contribution in [1.82, 2.24) is 9.78 Å². The van der Waals surface area contributed by atoms with Crippen molar-refractivity contribution in [1.29, 1.82) is 0 Å². The predicted molar refractivity (Wildman–Crippen MR) is 79.8 cm³/mol. The number of carbonyl (C=O) groups is 1. The van der Waals surface area contributed by atoms with E-state index in [1.165, 1.54) is 6.20 Å². The van der Waals surface area contributed by atoms with Gasteiger partial charge < -0.3 is 0 Å². The van der Waals surface area contributed by atoms with E-state index < -0.39 is 0 Å². The number of nitrogens with zero attached hydrogens (tertiary/aromatic N) is 2. The van der Waals surface area contributed by atoms with Crippen LogP contribution in [-0.4, -0.2) is 15.6 Å². The highest BCUT2D eigenvalue weighted by Crippen LogP contribution is 2.21. The average molecular weight is 342 g/mol. The van der Waals surface area contributed by atoms with E-state index in [1.807, 2.05) is 38.1 Å². The molecule has 1 aromatic carbocycles. The maximum Gasteiger partial charge on any atom is 0.186 e. The smallest absolute Gasteiger partial charge is 0.186 e. The lowest BCUT2D eigenvalue weighted by atomic mass is 10.1. The molecule has 0 aliphatic rings. The SMILES string of the molecule is CC(C)n1ncc(Cl)c1C(=O)Cc1ccc(Br)cc1. The van der Waals surface area contributed by atoms with E-state index in [-0.39, 0.29) is 11.8 Å². The molecule has 0 saturated carbocycles. The summed E-state index contributed by atoms with van der Waals surface area (Å²) < 4.78 is 2.66. The molecule has 1 heterocycles. The van der Waals surface area contributed by atoms with Gasteiger partial charge >= 0.3 is 0 Å². The van der Waals surface area contributed by atoms with Crippen LogP contribution in [0.4, 0.5) is 0 Å². The molecule has 19 heavy (non-hydrogen) atoms. The van der Waals surface area contributed by atoms with E-state index in [9.17, 15) is 4.79 Å². The topological polar surface area (TPSA) is 34.9 Å². The van der Waals surface area contributed by atoms with Crippen LogP contribution in [0, 0.1) is 0 Å². The highest BCUT2D eigenvalue weighted by Gasteiger charge is 2.19. The van der Waals surface area contributed by atoms with E-state index in [1.54, 1.807) is 4.68 Å². The highest BCUT2D eigenvalue weighted by molar-refractivity contribution is 9.10. The van der Waals surface area contributed by atoms with Gasteiger partial charge in [-0.2, -0.15) is 5.10 Å². The van der Waals surface area contributed by atoms with Crippen molar-refractivity contribution in [3.8, 4) is 0 Å². The summed E-state index contributed by atoms with van der Waals surface area (Å²) in [6, 6.07) is 7.79. The average Bonchev–Trinajstić information content (AvgIpc) is 2.74. The molecule has 2 rings (SSSR count). The summed E-state index contributed by atoms with van der Waals surface area (Å²) in [5.41, 5.74) is 1.44. The van der Waals surface area contributed by atoms with Gasteiger partial charge in [-0.1, -0.05) is 39.7 Å². The van der Waals surface area contributed by atoms with Crippen LogP contribution in [0.3, 0.4) is 0 Å². The Bertz CT molecular complexity index is 590. The number of Topliss-reactive ketones (excluding diaryl/α,β-unsaturated/α-hetero) is 1. The number of hydrogen-bond donors (Lipinski definition) is 0. The first-order valence-corrected chi connectivity index (χ1v) is 7.16. The van der Waals surface area contributed by atoms with Gasteiger partial charge in [0.1, 0.15) is 5.69 Å². The molecule has 0 atom stereocenters. The Labute approximate surface area is 125 Å². The van der Waals surface area contributed by atoms with Crippen molar-refractivity contribution in [2.45, 2.75) is 26.3 Å². The molecule has 5 heteroatoms. The van der Waals surface area contributed by atoms with Crippen LogP contribution in [0.25, 0.3) is 0 Å². The van der Waals surface area contributed by atoms with E-state index in [0.717, 1.165) is 10.0 Å². The normalized spacial score (nSPS) is 11.0. The van der Waals surface area contributed by atoms with Gasteiger partial charge in [0.05, 0.1) is 11.2 Å². The Hall–Kier alpha value is -1.13. The van der Waals surface area contributed by atoms with E-state index in [4.69, 9.17) is 11.6 Å². The standard InChI is InChI=1S/C14H14BrClN2O/c1-9(2)18-14(12(16)8-17-18)13(19)7-10-3-5-11(15)6-4-10/h3-6,8-9H,7H2,1-2H3. The lowest BCUT2D eigenvalue weighted by Gasteiger charge is -2.10. The van der Waals surface area contributed by atoms with Crippen molar-refractivity contribution < 1.29 is 4.79 Å². The third-order valence-corrected chi connectivity index (χ3v) is 3.59. The van der Waals surface area contributed by atoms with Gasteiger partial charge in [0, 0.05) is 16.9 Å². The molecule has 0 radical (unpaired) electrons. The molecule has 0 fully saturated rings. The highest BCUT2D eigenvalue weighted by atomic mass is 79.9. The summed E-state index contributed by atoms with van der Waals surface area (Å²) in [6.45, 7) is 3.94. The molecule has 0 unspecified atom stereocenters. The van der Waals surface area contributed by atoms with Gasteiger partial charge in [-0.25, -0.2) is 0 Å². The Morgan fingerprint density at radius 1 is 1.37 bits per heavy atom. The summed E-state index contributed by atoms with van der Waals surface area (Å²) >= 11 is 9.44. The summed E-state index contributed by atoms with van der Waals surface area (Å²) in [6.07, 6.45) is 1.85. The molecule has 0 bridgehead atoms. The summed E-state index contributed by atoms with van der Waals surface area (Å²) in [4.78, 5) is 12.3. The quantitative estimate of drug-likeness (QED) is 0.777. The molecule has 0 N–H and O–H groups in total. The van der Waals surface area contributed by atoms with Crippen molar-refractivity contribution in [3.05, 3.63) is 51.2 Å². The molecule has 0 aliphatic heterocycles. The van der Waals surface area contributed by atoms with Gasteiger partial charge in [-0.15, -0.1) is 0 Å². The van der Waals surface area contributed by atoms with Crippen molar-refractivity contribution in [3.63, 3.8) is 0 Å². The summed E-state index contributed by atoms with van der Waals surface area (Å²) in [5.74, 6) is -0.0153. The first kappa shape index (κ1) is 14.3. The van der Waals surface area contributed by atoms with Crippen molar-refractivity contribution in [2.24, 2.45) is 0 Å².